The van der Waals surface area contributed by atoms with Crippen LogP contribution >= 0.6 is 0 Å². The summed E-state index contributed by atoms with van der Waals surface area (Å²) in [5.74, 6) is 1.16. The maximum absolute atomic E-state index is 6.50. The van der Waals surface area contributed by atoms with Crippen LogP contribution in [0.5, 0.6) is 11.5 Å². The van der Waals surface area contributed by atoms with Crippen molar-refractivity contribution < 1.29 is 25.8 Å². The van der Waals surface area contributed by atoms with Crippen LogP contribution in [0.1, 0.15) is 0 Å². The molecule has 0 N–H and O–H groups in total. The summed E-state index contributed by atoms with van der Waals surface area (Å²) >= 11 is 0. The van der Waals surface area contributed by atoms with E-state index in [1.807, 2.05) is 67.0 Å². The van der Waals surface area contributed by atoms with Crippen molar-refractivity contribution in [2.24, 2.45) is 0 Å². The Bertz CT molecular complexity index is 2780. The zero-order valence-corrected chi connectivity index (χ0v) is 27.5. The second-order valence-corrected chi connectivity index (χ2v) is 11.6. The topological polar surface area (TPSA) is 56.7 Å². The van der Waals surface area contributed by atoms with Gasteiger partial charge in [-0.1, -0.05) is 131 Å². The van der Waals surface area contributed by atoms with Crippen LogP contribution in [0, 0.1) is 12.1 Å². The van der Waals surface area contributed by atoms with Crippen molar-refractivity contribution in [1.29, 1.82) is 0 Å². The minimum absolute atomic E-state index is 0. The molecular weight excluding hydrogens is 774 g/mol. The van der Waals surface area contributed by atoms with Crippen molar-refractivity contribution in [2.75, 3.05) is 0 Å². The molecule has 0 amide bonds. The van der Waals surface area contributed by atoms with E-state index in [1.165, 1.54) is 0 Å². The Morgan fingerprint density at radius 3 is 1.96 bits per heavy atom. The molecule has 48 heavy (non-hydrogen) atoms. The van der Waals surface area contributed by atoms with Crippen LogP contribution in [0.3, 0.4) is 0 Å². The van der Waals surface area contributed by atoms with E-state index in [9.17, 15) is 0 Å². The molecule has 0 saturated carbocycles. The third kappa shape index (κ3) is 4.34. The summed E-state index contributed by atoms with van der Waals surface area (Å²) in [5, 5.41) is 5.99. The quantitative estimate of drug-likeness (QED) is 0.132. The molecule has 5 aromatic heterocycles. The number of rotatable bonds is 4. The third-order valence-electron chi connectivity index (χ3n) is 8.85. The van der Waals surface area contributed by atoms with E-state index in [0.29, 0.717) is 11.5 Å². The smallest absolute Gasteiger partial charge is 0.497 e. The van der Waals surface area contributed by atoms with E-state index >= 15 is 0 Å². The Kier molecular flexibility index (Phi) is 6.59. The molecule has 6 nitrogen and oxygen atoms in total. The first-order chi connectivity index (χ1) is 23.3. The number of imidazole rings is 2. The summed E-state index contributed by atoms with van der Waals surface area (Å²) < 4.78 is 10.8. The van der Waals surface area contributed by atoms with E-state index in [1.54, 1.807) is 0 Å². The molecule has 10 aromatic rings. The van der Waals surface area contributed by atoms with Gasteiger partial charge in [0.25, 0.3) is 0 Å². The zero-order valence-electron chi connectivity index (χ0n) is 25.2. The fourth-order valence-electron chi connectivity index (χ4n) is 6.73. The van der Waals surface area contributed by atoms with Gasteiger partial charge in [0.2, 0.25) is 0 Å². The number of benzene rings is 5. The Hall–Kier alpha value is -5.84. The number of ether oxygens (including phenoxy) is 1. The largest absolute Gasteiger partial charge is 2.00 e. The minimum Gasteiger partial charge on any atom is -0.497 e. The second kappa shape index (κ2) is 11.1. The molecule has 228 valence electrons. The average Bonchev–Trinajstić information content (AvgIpc) is 3.79. The molecule has 0 spiro atoms. The summed E-state index contributed by atoms with van der Waals surface area (Å²) in [6.45, 7) is 0. The molecule has 0 unspecified atom stereocenters. The molecule has 0 bridgehead atoms. The van der Waals surface area contributed by atoms with Crippen LogP contribution in [0.2, 0.25) is 0 Å². The molecule has 0 aliphatic heterocycles. The fourth-order valence-corrected chi connectivity index (χ4v) is 6.73. The first kappa shape index (κ1) is 28.4. The monoisotopic (exact) mass is 796 g/mol. The van der Waals surface area contributed by atoms with Gasteiger partial charge in [0.05, 0.1) is 22.7 Å². The van der Waals surface area contributed by atoms with Gasteiger partial charge in [0, 0.05) is 41.2 Å². The SMILES string of the molecule is [Pt+2].[c-]1c(Oc2[c-]c3c(cc2)c2cccnc2n2c(-c4ccccc4)cnc32)ccc2c1c1nc(-c3ccccc3)cn1c1ccccc21. The zero-order chi connectivity index (χ0) is 30.9. The number of aromatic nitrogens is 5. The maximum Gasteiger partial charge on any atom is 2.00 e. The van der Waals surface area contributed by atoms with Crippen molar-refractivity contribution in [3.63, 3.8) is 0 Å². The van der Waals surface area contributed by atoms with Crippen LogP contribution in [-0.4, -0.2) is 23.8 Å². The van der Waals surface area contributed by atoms with Crippen molar-refractivity contribution in [3.8, 4) is 34.0 Å². The summed E-state index contributed by atoms with van der Waals surface area (Å²) in [6, 6.07) is 48.1. The first-order valence-electron chi connectivity index (χ1n) is 15.4. The van der Waals surface area contributed by atoms with E-state index in [4.69, 9.17) is 19.7 Å². The normalized spacial score (nSPS) is 11.6. The van der Waals surface area contributed by atoms with E-state index in [2.05, 4.69) is 93.9 Å². The van der Waals surface area contributed by atoms with E-state index in [-0.39, 0.29) is 21.1 Å². The van der Waals surface area contributed by atoms with Gasteiger partial charge in [0.1, 0.15) is 5.65 Å². The number of nitrogens with zero attached hydrogens (tertiary/aromatic N) is 5. The number of hydrogen-bond donors (Lipinski definition) is 0. The van der Waals surface area contributed by atoms with E-state index < -0.39 is 0 Å². The van der Waals surface area contributed by atoms with Crippen LogP contribution < -0.4 is 4.74 Å². The van der Waals surface area contributed by atoms with Gasteiger partial charge in [-0.15, -0.1) is 12.1 Å². The average molecular weight is 797 g/mol. The molecule has 10 rings (SSSR count). The molecule has 0 radical (unpaired) electrons. The molecule has 0 aliphatic carbocycles. The summed E-state index contributed by atoms with van der Waals surface area (Å²) in [6.07, 6.45) is 5.83. The number of fused-ring (bicyclic) bond motifs is 12. The number of hydrogen-bond acceptors (Lipinski definition) is 4. The van der Waals surface area contributed by atoms with Crippen molar-refractivity contribution in [3.05, 3.63) is 152 Å². The molecule has 0 fully saturated rings. The Morgan fingerprint density at radius 1 is 0.542 bits per heavy atom. The van der Waals surface area contributed by atoms with Crippen LogP contribution in [0.25, 0.3) is 77.3 Å². The summed E-state index contributed by atoms with van der Waals surface area (Å²) in [7, 11) is 0. The Morgan fingerprint density at radius 2 is 1.19 bits per heavy atom. The van der Waals surface area contributed by atoms with Crippen molar-refractivity contribution >= 4 is 54.8 Å². The molecular formula is C41H23N5OPt. The van der Waals surface area contributed by atoms with Gasteiger partial charge >= 0.3 is 21.1 Å². The van der Waals surface area contributed by atoms with Gasteiger partial charge in [-0.3, -0.25) is 9.97 Å². The van der Waals surface area contributed by atoms with E-state index in [0.717, 1.165) is 77.3 Å². The number of pyridine rings is 3. The number of para-hydroxylation sites is 1. The summed E-state index contributed by atoms with van der Waals surface area (Å²) in [4.78, 5) is 14.7. The van der Waals surface area contributed by atoms with Crippen LogP contribution in [-0.2, 0) is 21.1 Å². The minimum atomic E-state index is 0. The molecule has 7 heteroatoms. The summed E-state index contributed by atoms with van der Waals surface area (Å²) in [5.41, 5.74) is 7.56. The van der Waals surface area contributed by atoms with Gasteiger partial charge in [-0.25, -0.2) is 4.98 Å². The Labute approximate surface area is 289 Å². The second-order valence-electron chi connectivity index (χ2n) is 11.6. The predicted molar refractivity (Wildman–Crippen MR) is 187 cm³/mol. The van der Waals surface area contributed by atoms with Gasteiger partial charge < -0.3 is 13.5 Å². The van der Waals surface area contributed by atoms with Crippen molar-refractivity contribution in [2.45, 2.75) is 0 Å². The van der Waals surface area contributed by atoms with Gasteiger partial charge in [-0.2, -0.15) is 0 Å². The molecule has 0 saturated heterocycles. The van der Waals surface area contributed by atoms with Gasteiger partial charge in [0.15, 0.2) is 0 Å². The predicted octanol–water partition coefficient (Wildman–Crippen LogP) is 9.71. The molecule has 5 aromatic carbocycles. The first-order valence-corrected chi connectivity index (χ1v) is 15.4. The standard InChI is InChI=1S/C41H23N5O.Pt/c1-3-10-26(11-4-1)36-25-45-37-16-8-7-14-32(37)30-19-17-29(23-35(30)41(45)44-36)47-28-18-20-31-33-15-9-21-42-39(33)46-38(27-12-5-2-6-13-27)24-43-40(46)34(31)22-28;/h1-21,24-25H;/q-2;+2. The fraction of sp³-hybridized carbons (Fsp3) is 0. The van der Waals surface area contributed by atoms with Crippen molar-refractivity contribution in [1.82, 2.24) is 23.8 Å². The maximum atomic E-state index is 6.50. The third-order valence-corrected chi connectivity index (χ3v) is 8.85. The Balaban J connectivity index is 0.00000314. The molecule has 5 heterocycles. The van der Waals surface area contributed by atoms with Crippen LogP contribution in [0.15, 0.2) is 140 Å². The van der Waals surface area contributed by atoms with Crippen LogP contribution in [0.4, 0.5) is 0 Å². The molecule has 0 atom stereocenters. The van der Waals surface area contributed by atoms with Gasteiger partial charge in [-0.05, 0) is 28.5 Å². The molecule has 0 aliphatic rings.